The van der Waals surface area contributed by atoms with E-state index in [9.17, 15) is 19.7 Å². The van der Waals surface area contributed by atoms with Crippen LogP contribution in [0.3, 0.4) is 0 Å². The summed E-state index contributed by atoms with van der Waals surface area (Å²) in [5.41, 5.74) is 0.0244. The number of nitro benzene ring substituents is 1. The Bertz CT molecular complexity index is 914. The highest BCUT2D eigenvalue weighted by molar-refractivity contribution is 5.94. The molecule has 1 atom stereocenters. The van der Waals surface area contributed by atoms with E-state index in [1.165, 1.54) is 25.3 Å². The molecule has 0 aromatic heterocycles. The topological polar surface area (TPSA) is 126 Å². The number of nitrogens with one attached hydrogen (secondary N) is 1. The van der Waals surface area contributed by atoms with Gasteiger partial charge in [0, 0.05) is 6.07 Å². The molecule has 0 bridgehead atoms. The minimum atomic E-state index is -0.989. The third-order valence-corrected chi connectivity index (χ3v) is 3.79. The van der Waals surface area contributed by atoms with Crippen LogP contribution in [0.2, 0.25) is 0 Å². The number of anilines is 1. The number of non-ortho nitro benzene ring substituents is 1. The molecular formula is C18H16N2O8. The van der Waals surface area contributed by atoms with Crippen molar-refractivity contribution >= 4 is 23.3 Å². The maximum absolute atomic E-state index is 12.1. The van der Waals surface area contributed by atoms with Gasteiger partial charge in [-0.25, -0.2) is 4.79 Å². The van der Waals surface area contributed by atoms with E-state index < -0.39 is 29.5 Å². The minimum Gasteiger partial charge on any atom is -0.494 e. The molecule has 10 heteroatoms. The molecule has 1 heterocycles. The zero-order chi connectivity index (χ0) is 20.1. The van der Waals surface area contributed by atoms with Crippen molar-refractivity contribution in [2.75, 3.05) is 25.6 Å². The molecule has 146 valence electrons. The zero-order valence-electron chi connectivity index (χ0n) is 14.7. The maximum Gasteiger partial charge on any atom is 0.351 e. The Balaban J connectivity index is 1.55. The van der Waals surface area contributed by atoms with E-state index in [0.717, 1.165) is 0 Å². The molecule has 0 radical (unpaired) electrons. The molecule has 1 aliphatic heterocycles. The Kier molecular flexibility index (Phi) is 5.58. The summed E-state index contributed by atoms with van der Waals surface area (Å²) in [6.07, 6.45) is -0.989. The van der Waals surface area contributed by atoms with Crippen LogP contribution in [0.25, 0.3) is 0 Å². The van der Waals surface area contributed by atoms with Crippen LogP contribution in [-0.2, 0) is 14.3 Å². The lowest BCUT2D eigenvalue weighted by molar-refractivity contribution is -0.384. The van der Waals surface area contributed by atoms with Crippen molar-refractivity contribution in [1.82, 2.24) is 0 Å². The van der Waals surface area contributed by atoms with Gasteiger partial charge in [0.05, 0.1) is 23.8 Å². The van der Waals surface area contributed by atoms with Crippen molar-refractivity contribution in [3.05, 3.63) is 52.6 Å². The van der Waals surface area contributed by atoms with Gasteiger partial charge in [-0.1, -0.05) is 12.1 Å². The summed E-state index contributed by atoms with van der Waals surface area (Å²) in [4.78, 5) is 34.3. The largest absolute Gasteiger partial charge is 0.494 e. The summed E-state index contributed by atoms with van der Waals surface area (Å²) in [6, 6.07) is 10.6. The number of esters is 1. The van der Waals surface area contributed by atoms with Gasteiger partial charge >= 0.3 is 5.97 Å². The van der Waals surface area contributed by atoms with Crippen LogP contribution < -0.4 is 19.5 Å². The Morgan fingerprint density at radius 2 is 2.00 bits per heavy atom. The first-order valence-corrected chi connectivity index (χ1v) is 8.15. The number of carbonyl (C=O) groups excluding carboxylic acids is 2. The van der Waals surface area contributed by atoms with E-state index in [1.807, 2.05) is 0 Å². The first-order chi connectivity index (χ1) is 13.5. The van der Waals surface area contributed by atoms with Crippen molar-refractivity contribution in [1.29, 1.82) is 0 Å². The first-order valence-electron chi connectivity index (χ1n) is 8.15. The predicted octanol–water partition coefficient (Wildman–Crippen LogP) is 1.93. The molecule has 2 aromatic carbocycles. The summed E-state index contributed by atoms with van der Waals surface area (Å²) in [5.74, 6) is -0.349. The van der Waals surface area contributed by atoms with E-state index in [0.29, 0.717) is 11.5 Å². The number of hydrogen-bond donors (Lipinski definition) is 1. The lowest BCUT2D eigenvalue weighted by atomic mass is 10.2. The van der Waals surface area contributed by atoms with E-state index in [1.54, 1.807) is 24.3 Å². The third kappa shape index (κ3) is 4.29. The molecule has 0 saturated carbocycles. The average molecular weight is 388 g/mol. The van der Waals surface area contributed by atoms with Gasteiger partial charge < -0.3 is 24.3 Å². The second-order valence-electron chi connectivity index (χ2n) is 5.66. The molecule has 3 rings (SSSR count). The molecule has 1 N–H and O–H groups in total. The fraction of sp³-hybridized carbons (Fsp3) is 0.222. The van der Waals surface area contributed by atoms with Gasteiger partial charge in [-0.15, -0.1) is 0 Å². The summed E-state index contributed by atoms with van der Waals surface area (Å²) in [6.45, 7) is -0.603. The summed E-state index contributed by atoms with van der Waals surface area (Å²) < 4.78 is 20.9. The number of nitrogens with zero attached hydrogens (tertiary/aromatic N) is 1. The highest BCUT2D eigenvalue weighted by Crippen LogP contribution is 2.31. The number of rotatable bonds is 6. The molecule has 0 fully saturated rings. The van der Waals surface area contributed by atoms with Gasteiger partial charge in [-0.05, 0) is 18.2 Å². The quantitative estimate of drug-likeness (QED) is 0.452. The zero-order valence-corrected chi connectivity index (χ0v) is 14.7. The van der Waals surface area contributed by atoms with Crippen LogP contribution in [0.5, 0.6) is 17.2 Å². The number of hydrogen-bond acceptors (Lipinski definition) is 8. The molecular weight excluding hydrogens is 372 g/mol. The number of methoxy groups -OCH3 is 1. The molecule has 1 aliphatic rings. The third-order valence-electron chi connectivity index (χ3n) is 3.79. The Morgan fingerprint density at radius 1 is 1.25 bits per heavy atom. The van der Waals surface area contributed by atoms with E-state index in [4.69, 9.17) is 18.9 Å². The van der Waals surface area contributed by atoms with Crippen molar-refractivity contribution in [2.24, 2.45) is 0 Å². The van der Waals surface area contributed by atoms with E-state index in [2.05, 4.69) is 5.32 Å². The van der Waals surface area contributed by atoms with Crippen molar-refractivity contribution < 1.29 is 33.5 Å². The molecule has 10 nitrogen and oxygen atoms in total. The van der Waals surface area contributed by atoms with E-state index >= 15 is 0 Å². The van der Waals surface area contributed by atoms with Crippen LogP contribution in [0, 0.1) is 10.1 Å². The molecule has 1 amide bonds. The normalized spacial score (nSPS) is 14.7. The smallest absolute Gasteiger partial charge is 0.351 e. The van der Waals surface area contributed by atoms with Crippen LogP contribution in [-0.4, -0.2) is 43.2 Å². The summed E-state index contributed by atoms with van der Waals surface area (Å²) >= 11 is 0. The second-order valence-corrected chi connectivity index (χ2v) is 5.66. The Morgan fingerprint density at radius 3 is 2.71 bits per heavy atom. The van der Waals surface area contributed by atoms with Gasteiger partial charge in [0.2, 0.25) is 6.10 Å². The number of carbonyl (C=O) groups is 2. The number of para-hydroxylation sites is 2. The van der Waals surface area contributed by atoms with Crippen LogP contribution in [0.15, 0.2) is 42.5 Å². The number of fused-ring (bicyclic) bond motifs is 1. The monoisotopic (exact) mass is 388 g/mol. The molecule has 2 aromatic rings. The lowest BCUT2D eigenvalue weighted by Crippen LogP contribution is -2.39. The van der Waals surface area contributed by atoms with Crippen LogP contribution in [0.1, 0.15) is 0 Å². The fourth-order valence-electron chi connectivity index (χ4n) is 2.45. The summed E-state index contributed by atoms with van der Waals surface area (Å²) in [7, 11) is 1.31. The van der Waals surface area contributed by atoms with E-state index in [-0.39, 0.29) is 23.7 Å². The highest BCUT2D eigenvalue weighted by Gasteiger charge is 2.29. The number of benzene rings is 2. The molecule has 28 heavy (non-hydrogen) atoms. The minimum absolute atomic E-state index is 0.0341. The van der Waals surface area contributed by atoms with Crippen LogP contribution >= 0.6 is 0 Å². The highest BCUT2D eigenvalue weighted by atomic mass is 16.6. The standard InChI is InChI=1S/C18H16N2O8/c1-25-15-8-11(20(23)24)6-7-12(15)19-17(21)10-27-18(22)16-9-26-13-4-2-3-5-14(13)28-16/h2-8,16H,9-10H2,1H3,(H,19,21). The van der Waals surface area contributed by atoms with Gasteiger partial charge in [0.15, 0.2) is 18.1 Å². The SMILES string of the molecule is COc1cc([N+](=O)[O-])ccc1NC(=O)COC(=O)C1COc2ccccc2O1. The molecule has 0 aliphatic carbocycles. The van der Waals surface area contributed by atoms with Crippen molar-refractivity contribution in [3.63, 3.8) is 0 Å². The molecule has 0 saturated heterocycles. The van der Waals surface area contributed by atoms with Crippen LogP contribution in [0.4, 0.5) is 11.4 Å². The first kappa shape index (κ1) is 19.0. The lowest BCUT2D eigenvalue weighted by Gasteiger charge is -2.24. The Labute approximate surface area is 159 Å². The van der Waals surface area contributed by atoms with Gasteiger partial charge in [0.25, 0.3) is 11.6 Å². The van der Waals surface area contributed by atoms with Crippen molar-refractivity contribution in [3.8, 4) is 17.2 Å². The summed E-state index contributed by atoms with van der Waals surface area (Å²) in [5, 5.41) is 13.3. The molecule has 0 spiro atoms. The fourth-order valence-corrected chi connectivity index (χ4v) is 2.45. The maximum atomic E-state index is 12.1. The number of ether oxygens (including phenoxy) is 4. The number of nitro groups is 1. The van der Waals surface area contributed by atoms with Gasteiger partial charge in [-0.2, -0.15) is 0 Å². The van der Waals surface area contributed by atoms with Crippen molar-refractivity contribution in [2.45, 2.75) is 6.10 Å². The average Bonchev–Trinajstić information content (AvgIpc) is 2.71. The Hall–Kier alpha value is -3.82. The van der Waals surface area contributed by atoms with Gasteiger partial charge in [0.1, 0.15) is 12.4 Å². The predicted molar refractivity (Wildman–Crippen MR) is 95.6 cm³/mol. The second kappa shape index (κ2) is 8.25. The van der Waals surface area contributed by atoms with Gasteiger partial charge in [-0.3, -0.25) is 14.9 Å². The number of amides is 1. The molecule has 1 unspecified atom stereocenters.